The fraction of sp³-hybridized carbons (Fsp3) is 0.200. The maximum atomic E-state index is 13.4. The number of urea groups is 1. The number of rotatable bonds is 6. The topological polar surface area (TPSA) is 124 Å². The maximum Gasteiger partial charge on any atom is 0.323 e. The van der Waals surface area contributed by atoms with Crippen LogP contribution in [0.15, 0.2) is 54.9 Å². The third-order valence-corrected chi connectivity index (χ3v) is 5.43. The number of amides is 2. The highest BCUT2D eigenvalue weighted by atomic mass is 16.5. The summed E-state index contributed by atoms with van der Waals surface area (Å²) in [5.74, 6) is 0.658. The van der Waals surface area contributed by atoms with Gasteiger partial charge in [-0.1, -0.05) is 32.0 Å². The van der Waals surface area contributed by atoms with Crippen LogP contribution in [0.2, 0.25) is 0 Å². The van der Waals surface area contributed by atoms with Crippen LogP contribution in [0, 0.1) is 6.92 Å². The van der Waals surface area contributed by atoms with Gasteiger partial charge in [0.05, 0.1) is 18.4 Å². The van der Waals surface area contributed by atoms with Gasteiger partial charge in [0.15, 0.2) is 11.6 Å². The van der Waals surface area contributed by atoms with E-state index in [4.69, 9.17) is 10.5 Å². The number of methoxy groups -OCH3 is 1. The Hall–Kier alpha value is -4.40. The van der Waals surface area contributed by atoms with Crippen molar-refractivity contribution in [3.8, 4) is 5.75 Å². The lowest BCUT2D eigenvalue weighted by atomic mass is 10.0. The highest BCUT2D eigenvalue weighted by Crippen LogP contribution is 2.28. The molecule has 174 valence electrons. The highest BCUT2D eigenvalue weighted by molar-refractivity contribution is 6.15. The quantitative estimate of drug-likeness (QED) is 0.362. The molecule has 2 aromatic carbocycles. The SMILES string of the molecule is COc1ccc(C)cc1NC(=O)Nc1cccc(C(=O)c2cc(C(C)C)n3ncnc(N)c23)c1. The standard InChI is InChI=1S/C25H26N6O3/c1-14(2)20-12-18(22-24(26)27-13-28-31(20)22)23(32)16-6-5-7-17(11-16)29-25(33)30-19-10-15(3)8-9-21(19)34-4/h5-14H,1-4H3,(H2,26,27,28)(H2,29,30,33). The number of nitrogens with two attached hydrogens (primary N) is 1. The van der Waals surface area contributed by atoms with Crippen molar-refractivity contribution in [2.45, 2.75) is 26.7 Å². The lowest BCUT2D eigenvalue weighted by Crippen LogP contribution is -2.20. The maximum absolute atomic E-state index is 13.4. The molecule has 9 heteroatoms. The molecule has 0 fully saturated rings. The third-order valence-electron chi connectivity index (χ3n) is 5.43. The number of hydrogen-bond acceptors (Lipinski definition) is 6. The summed E-state index contributed by atoms with van der Waals surface area (Å²) in [5, 5.41) is 9.82. The summed E-state index contributed by atoms with van der Waals surface area (Å²) in [7, 11) is 1.54. The zero-order valence-electron chi connectivity index (χ0n) is 19.4. The van der Waals surface area contributed by atoms with Crippen molar-refractivity contribution in [1.29, 1.82) is 0 Å². The van der Waals surface area contributed by atoms with E-state index in [9.17, 15) is 9.59 Å². The molecule has 0 aliphatic carbocycles. The Morgan fingerprint density at radius 3 is 2.62 bits per heavy atom. The highest BCUT2D eigenvalue weighted by Gasteiger charge is 2.22. The van der Waals surface area contributed by atoms with Crippen LogP contribution in [0.4, 0.5) is 22.0 Å². The zero-order chi connectivity index (χ0) is 24.4. The van der Waals surface area contributed by atoms with Crippen molar-refractivity contribution in [3.63, 3.8) is 0 Å². The molecule has 0 radical (unpaired) electrons. The number of ether oxygens (including phenoxy) is 1. The van der Waals surface area contributed by atoms with E-state index in [1.165, 1.54) is 13.4 Å². The van der Waals surface area contributed by atoms with Gasteiger partial charge in [0, 0.05) is 16.9 Å². The van der Waals surface area contributed by atoms with Crippen LogP contribution in [0.3, 0.4) is 0 Å². The van der Waals surface area contributed by atoms with Crippen LogP contribution < -0.4 is 21.1 Å². The number of ketones is 1. The van der Waals surface area contributed by atoms with E-state index in [1.807, 2.05) is 32.9 Å². The fourth-order valence-electron chi connectivity index (χ4n) is 3.77. The van der Waals surface area contributed by atoms with Crippen molar-refractivity contribution in [2.75, 3.05) is 23.5 Å². The first-order valence-electron chi connectivity index (χ1n) is 10.8. The van der Waals surface area contributed by atoms with Crippen LogP contribution in [0.1, 0.15) is 46.9 Å². The number of nitrogen functional groups attached to an aromatic ring is 1. The molecule has 2 heterocycles. The van der Waals surface area contributed by atoms with Gasteiger partial charge < -0.3 is 21.1 Å². The predicted octanol–water partition coefficient (Wildman–Crippen LogP) is 4.63. The first-order valence-corrected chi connectivity index (χ1v) is 10.8. The second kappa shape index (κ2) is 9.22. The van der Waals surface area contributed by atoms with Gasteiger partial charge in [-0.25, -0.2) is 14.3 Å². The number of aromatic nitrogens is 3. The van der Waals surface area contributed by atoms with Gasteiger partial charge in [0.2, 0.25) is 0 Å². The molecule has 0 aliphatic heterocycles. The number of anilines is 3. The minimum atomic E-state index is -0.456. The number of aryl methyl sites for hydroxylation is 1. The Morgan fingerprint density at radius 1 is 1.09 bits per heavy atom. The lowest BCUT2D eigenvalue weighted by Gasteiger charge is -2.12. The van der Waals surface area contributed by atoms with Crippen molar-refractivity contribution in [3.05, 3.63) is 77.2 Å². The average Bonchev–Trinajstić information content (AvgIpc) is 3.20. The first kappa shape index (κ1) is 22.8. The Bertz CT molecular complexity index is 1390. The number of hydrogen-bond donors (Lipinski definition) is 3. The molecule has 0 saturated heterocycles. The van der Waals surface area contributed by atoms with Crippen molar-refractivity contribution < 1.29 is 14.3 Å². The molecule has 2 aromatic heterocycles. The molecule has 0 saturated carbocycles. The summed E-state index contributed by atoms with van der Waals surface area (Å²) in [6.45, 7) is 5.95. The van der Waals surface area contributed by atoms with E-state index in [0.29, 0.717) is 33.8 Å². The number of fused-ring (bicyclic) bond motifs is 1. The van der Waals surface area contributed by atoms with Gasteiger partial charge in [0.1, 0.15) is 17.6 Å². The molecule has 4 rings (SSSR count). The molecule has 0 aliphatic rings. The first-order chi connectivity index (χ1) is 16.3. The minimum absolute atomic E-state index is 0.124. The molecule has 9 nitrogen and oxygen atoms in total. The van der Waals surface area contributed by atoms with Crippen molar-refractivity contribution in [1.82, 2.24) is 14.6 Å². The van der Waals surface area contributed by atoms with Crippen molar-refractivity contribution in [2.24, 2.45) is 0 Å². The molecule has 0 bridgehead atoms. The Kier molecular flexibility index (Phi) is 6.18. The summed E-state index contributed by atoms with van der Waals surface area (Å²) < 4.78 is 6.96. The monoisotopic (exact) mass is 458 g/mol. The number of nitrogens with one attached hydrogen (secondary N) is 2. The van der Waals surface area contributed by atoms with Crippen molar-refractivity contribution >= 4 is 34.5 Å². The predicted molar refractivity (Wildman–Crippen MR) is 132 cm³/mol. The summed E-state index contributed by atoms with van der Waals surface area (Å²) >= 11 is 0. The number of benzene rings is 2. The molecule has 0 atom stereocenters. The van der Waals surface area contributed by atoms with Crippen LogP contribution in [0.25, 0.3) is 5.52 Å². The summed E-state index contributed by atoms with van der Waals surface area (Å²) in [5.41, 5.74) is 10.2. The zero-order valence-corrected chi connectivity index (χ0v) is 19.4. The summed E-state index contributed by atoms with van der Waals surface area (Å²) in [4.78, 5) is 30.1. The van der Waals surface area contributed by atoms with Crippen LogP contribution in [-0.2, 0) is 0 Å². The second-order valence-electron chi connectivity index (χ2n) is 8.24. The van der Waals surface area contributed by atoms with E-state index >= 15 is 0 Å². The van der Waals surface area contributed by atoms with Gasteiger partial charge in [0.25, 0.3) is 0 Å². The molecule has 0 spiro atoms. The second-order valence-corrected chi connectivity index (χ2v) is 8.24. The van der Waals surface area contributed by atoms with E-state index in [-0.39, 0.29) is 17.5 Å². The molecule has 0 unspecified atom stereocenters. The van der Waals surface area contributed by atoms with Crippen LogP contribution >= 0.6 is 0 Å². The molecule has 4 N–H and O–H groups in total. The molecule has 4 aromatic rings. The van der Waals surface area contributed by atoms with Crippen LogP contribution in [0.5, 0.6) is 5.75 Å². The molecular weight excluding hydrogens is 432 g/mol. The fourth-order valence-corrected chi connectivity index (χ4v) is 3.77. The Labute approximate surface area is 197 Å². The third kappa shape index (κ3) is 4.40. The lowest BCUT2D eigenvalue weighted by molar-refractivity contribution is 0.104. The average molecular weight is 459 g/mol. The molecular formula is C25H26N6O3. The molecule has 2 amide bonds. The molecule has 34 heavy (non-hydrogen) atoms. The number of nitrogens with zero attached hydrogens (tertiary/aromatic N) is 3. The van der Waals surface area contributed by atoms with Gasteiger partial charge >= 0.3 is 6.03 Å². The van der Waals surface area contributed by atoms with Gasteiger partial charge in [-0.2, -0.15) is 5.10 Å². The normalized spacial score (nSPS) is 11.0. The van der Waals surface area contributed by atoms with E-state index in [2.05, 4.69) is 20.7 Å². The van der Waals surface area contributed by atoms with Gasteiger partial charge in [-0.05, 0) is 48.7 Å². The Balaban J connectivity index is 1.61. The Morgan fingerprint density at radius 2 is 1.88 bits per heavy atom. The van der Waals surface area contributed by atoms with Gasteiger partial charge in [-0.15, -0.1) is 0 Å². The minimum Gasteiger partial charge on any atom is -0.495 e. The summed E-state index contributed by atoms with van der Waals surface area (Å²) in [6, 6.07) is 13.6. The van der Waals surface area contributed by atoms with Crippen LogP contribution in [-0.4, -0.2) is 33.5 Å². The van der Waals surface area contributed by atoms with E-state index in [1.54, 1.807) is 40.9 Å². The smallest absolute Gasteiger partial charge is 0.323 e. The van der Waals surface area contributed by atoms with E-state index < -0.39 is 6.03 Å². The summed E-state index contributed by atoms with van der Waals surface area (Å²) in [6.07, 6.45) is 1.37. The van der Waals surface area contributed by atoms with E-state index in [0.717, 1.165) is 11.3 Å². The van der Waals surface area contributed by atoms with Gasteiger partial charge in [-0.3, -0.25) is 4.79 Å². The number of carbonyl (C=O) groups is 2. The number of carbonyl (C=O) groups excluding carboxylic acids is 2. The largest absolute Gasteiger partial charge is 0.495 e.